The molecule has 1 aromatic carbocycles. The fourth-order valence-electron chi connectivity index (χ4n) is 3.93. The van der Waals surface area contributed by atoms with E-state index in [0.29, 0.717) is 16.9 Å². The van der Waals surface area contributed by atoms with E-state index in [-0.39, 0.29) is 24.4 Å². The second-order valence-corrected chi connectivity index (χ2v) is 6.89. The van der Waals surface area contributed by atoms with E-state index in [1.54, 1.807) is 16.8 Å². The van der Waals surface area contributed by atoms with Crippen LogP contribution in [0.2, 0.25) is 0 Å². The van der Waals surface area contributed by atoms with Crippen molar-refractivity contribution in [1.29, 1.82) is 0 Å². The molecule has 5 atom stereocenters. The van der Waals surface area contributed by atoms with Crippen molar-refractivity contribution in [3.05, 3.63) is 54.0 Å². The van der Waals surface area contributed by atoms with Crippen molar-refractivity contribution in [2.75, 3.05) is 5.43 Å². The van der Waals surface area contributed by atoms with Crippen LogP contribution in [0.1, 0.15) is 24.1 Å². The van der Waals surface area contributed by atoms with Gasteiger partial charge in [0.15, 0.2) is 17.5 Å². The molecule has 1 aliphatic rings. The zero-order valence-corrected chi connectivity index (χ0v) is 15.8. The van der Waals surface area contributed by atoms with E-state index >= 15 is 0 Å². The average Bonchev–Trinajstić information content (AvgIpc) is 3.25. The van der Waals surface area contributed by atoms with E-state index < -0.39 is 41.9 Å². The summed E-state index contributed by atoms with van der Waals surface area (Å²) in [7, 11) is 0. The lowest BCUT2D eigenvalue weighted by atomic mass is 9.92. The summed E-state index contributed by atoms with van der Waals surface area (Å²) in [6, 6.07) is 4.21. The van der Waals surface area contributed by atoms with Gasteiger partial charge in [0.05, 0.1) is 23.6 Å². The van der Waals surface area contributed by atoms with Crippen LogP contribution in [0.3, 0.4) is 0 Å². The van der Waals surface area contributed by atoms with Crippen LogP contribution in [0.4, 0.5) is 14.6 Å². The van der Waals surface area contributed by atoms with E-state index in [2.05, 4.69) is 15.4 Å². The minimum Gasteiger partial charge on any atom is -0.390 e. The molecule has 1 aliphatic carbocycles. The lowest BCUT2D eigenvalue weighted by Gasteiger charge is -2.22. The number of fused-ring (bicyclic) bond motifs is 1. The molecule has 0 bridgehead atoms. The number of nitrogens with zero attached hydrogens (tertiary/aromatic N) is 3. The highest BCUT2D eigenvalue weighted by atomic mass is 35.5. The summed E-state index contributed by atoms with van der Waals surface area (Å²) in [5.41, 5.74) is 3.10. The number of nitrogens with two attached hydrogens (primary N) is 1. The minimum absolute atomic E-state index is 0. The van der Waals surface area contributed by atoms with Crippen LogP contribution in [0.5, 0.6) is 0 Å². The molecular weight excluding hydrogens is 408 g/mol. The van der Waals surface area contributed by atoms with E-state index in [9.17, 15) is 24.1 Å². The zero-order chi connectivity index (χ0) is 20.0. The molecule has 0 aliphatic heterocycles. The van der Waals surface area contributed by atoms with Gasteiger partial charge in [-0.25, -0.2) is 24.6 Å². The second-order valence-electron chi connectivity index (χ2n) is 6.89. The molecule has 3 aromatic rings. The second kappa shape index (κ2) is 8.17. The first-order valence-electron chi connectivity index (χ1n) is 8.69. The Kier molecular flexibility index (Phi) is 6.01. The molecule has 156 valence electrons. The number of aromatic nitrogens is 3. The van der Waals surface area contributed by atoms with Crippen molar-refractivity contribution in [3.8, 4) is 0 Å². The zero-order valence-electron chi connectivity index (χ0n) is 15.0. The Morgan fingerprint density at radius 3 is 2.59 bits per heavy atom. The SMILES string of the molecule is Cl.NNc1ncnc2c1ccn2[C@@H]1C[C@H](C(O)c2ccc(F)c(F)c2)[C@@H](O)[C@H]1O. The maximum absolute atomic E-state index is 13.5. The van der Waals surface area contributed by atoms with Crippen molar-refractivity contribution in [3.63, 3.8) is 0 Å². The molecule has 0 spiro atoms. The number of hydrogen-bond acceptors (Lipinski definition) is 7. The van der Waals surface area contributed by atoms with Crippen LogP contribution in [-0.2, 0) is 0 Å². The van der Waals surface area contributed by atoms with Crippen LogP contribution in [0.15, 0.2) is 36.8 Å². The van der Waals surface area contributed by atoms with Gasteiger partial charge in [-0.05, 0) is 30.2 Å². The number of benzene rings is 1. The molecule has 1 unspecified atom stereocenters. The first-order chi connectivity index (χ1) is 13.4. The van der Waals surface area contributed by atoms with Gasteiger partial charge in [-0.3, -0.25) is 0 Å². The predicted molar refractivity (Wildman–Crippen MR) is 103 cm³/mol. The molecule has 2 aromatic heterocycles. The Hall–Kier alpha value is -2.37. The number of hydrazine groups is 1. The predicted octanol–water partition coefficient (Wildman–Crippen LogP) is 1.43. The number of anilines is 1. The van der Waals surface area contributed by atoms with Crippen LogP contribution in [0, 0.1) is 17.6 Å². The third-order valence-electron chi connectivity index (χ3n) is 5.39. The highest BCUT2D eigenvalue weighted by Crippen LogP contribution is 2.43. The lowest BCUT2D eigenvalue weighted by Crippen LogP contribution is -2.31. The van der Waals surface area contributed by atoms with Gasteiger partial charge >= 0.3 is 0 Å². The van der Waals surface area contributed by atoms with Crippen LogP contribution >= 0.6 is 12.4 Å². The Labute approximate surface area is 170 Å². The molecular formula is C18H20ClF2N5O3. The summed E-state index contributed by atoms with van der Waals surface area (Å²) in [4.78, 5) is 8.23. The van der Waals surface area contributed by atoms with Gasteiger partial charge in [-0.2, -0.15) is 0 Å². The number of halogens is 3. The molecule has 11 heteroatoms. The molecule has 4 rings (SSSR count). The maximum Gasteiger partial charge on any atom is 0.159 e. The summed E-state index contributed by atoms with van der Waals surface area (Å²) < 4.78 is 28.4. The van der Waals surface area contributed by atoms with Gasteiger partial charge in [0.25, 0.3) is 0 Å². The van der Waals surface area contributed by atoms with Crippen LogP contribution in [-0.4, -0.2) is 42.1 Å². The molecule has 0 amide bonds. The molecule has 1 fully saturated rings. The lowest BCUT2D eigenvalue weighted by molar-refractivity contribution is -0.0265. The standard InChI is InChI=1S/C18H19F2N5O3.ClH/c19-11-2-1-8(5-12(11)20)14(26)10-6-13(16(28)15(10)27)25-4-3-9-17(24-21)22-7-23-18(9)25;/h1-5,7,10,13-16,26-28H,6,21H2,(H,22,23,24);1H/t10-,13-,14?,15-,16+;/m1./s1. The molecule has 8 nitrogen and oxygen atoms in total. The number of nitrogens with one attached hydrogen (secondary N) is 1. The van der Waals surface area contributed by atoms with Gasteiger partial charge in [-0.15, -0.1) is 12.4 Å². The first-order valence-corrected chi connectivity index (χ1v) is 8.69. The van der Waals surface area contributed by atoms with Gasteiger partial charge < -0.3 is 25.3 Å². The number of nitrogen functional groups attached to an aromatic ring is 1. The van der Waals surface area contributed by atoms with Crippen molar-refractivity contribution < 1.29 is 24.1 Å². The van der Waals surface area contributed by atoms with E-state index in [4.69, 9.17) is 5.84 Å². The minimum atomic E-state index is -1.28. The number of rotatable bonds is 4. The topological polar surface area (TPSA) is 129 Å². The number of aliphatic hydroxyl groups is 3. The Morgan fingerprint density at radius 1 is 1.14 bits per heavy atom. The molecule has 2 heterocycles. The average molecular weight is 428 g/mol. The number of hydrogen-bond donors (Lipinski definition) is 5. The monoisotopic (exact) mass is 427 g/mol. The first kappa shape index (κ1) is 21.3. The Balaban J connectivity index is 0.00000240. The Bertz CT molecular complexity index is 1020. The number of aliphatic hydroxyl groups excluding tert-OH is 3. The molecule has 29 heavy (non-hydrogen) atoms. The summed E-state index contributed by atoms with van der Waals surface area (Å²) in [6.07, 6.45) is -0.527. The van der Waals surface area contributed by atoms with Crippen LogP contribution < -0.4 is 11.3 Å². The largest absolute Gasteiger partial charge is 0.390 e. The summed E-state index contributed by atoms with van der Waals surface area (Å²) in [5, 5.41) is 32.3. The molecule has 6 N–H and O–H groups in total. The van der Waals surface area contributed by atoms with E-state index in [1.807, 2.05) is 0 Å². The maximum atomic E-state index is 13.5. The summed E-state index contributed by atoms with van der Waals surface area (Å²) in [5.74, 6) is 2.97. The molecule has 1 saturated carbocycles. The summed E-state index contributed by atoms with van der Waals surface area (Å²) >= 11 is 0. The summed E-state index contributed by atoms with van der Waals surface area (Å²) in [6.45, 7) is 0. The van der Waals surface area contributed by atoms with Crippen molar-refractivity contribution in [2.45, 2.75) is 30.8 Å². The van der Waals surface area contributed by atoms with Crippen LogP contribution in [0.25, 0.3) is 11.0 Å². The highest BCUT2D eigenvalue weighted by Gasteiger charge is 2.46. The van der Waals surface area contributed by atoms with Gasteiger partial charge in [-0.1, -0.05) is 6.07 Å². The molecule has 0 saturated heterocycles. The van der Waals surface area contributed by atoms with Gasteiger partial charge in [0.2, 0.25) is 0 Å². The quantitative estimate of drug-likeness (QED) is 0.314. The fourth-order valence-corrected chi connectivity index (χ4v) is 3.93. The third-order valence-corrected chi connectivity index (χ3v) is 5.39. The van der Waals surface area contributed by atoms with E-state index in [0.717, 1.165) is 12.1 Å². The van der Waals surface area contributed by atoms with Crippen molar-refractivity contribution in [1.82, 2.24) is 14.5 Å². The Morgan fingerprint density at radius 2 is 1.90 bits per heavy atom. The van der Waals surface area contributed by atoms with Crippen molar-refractivity contribution in [2.24, 2.45) is 11.8 Å². The van der Waals surface area contributed by atoms with E-state index in [1.165, 1.54) is 12.4 Å². The van der Waals surface area contributed by atoms with Gasteiger partial charge in [0, 0.05) is 12.1 Å². The third kappa shape index (κ3) is 3.53. The smallest absolute Gasteiger partial charge is 0.159 e. The van der Waals surface area contributed by atoms with Gasteiger partial charge in [0.1, 0.15) is 18.1 Å². The fraction of sp³-hybridized carbons (Fsp3) is 0.333. The normalized spacial score (nSPS) is 25.0. The van der Waals surface area contributed by atoms with Crippen molar-refractivity contribution >= 4 is 29.3 Å². The highest BCUT2D eigenvalue weighted by molar-refractivity contribution is 5.87. The molecule has 0 radical (unpaired) electrons.